The molecule has 0 spiro atoms. The van der Waals surface area contributed by atoms with Crippen molar-refractivity contribution < 1.29 is 8.42 Å². The summed E-state index contributed by atoms with van der Waals surface area (Å²) in [6.45, 7) is 3.98. The number of benzene rings is 2. The fraction of sp³-hybridized carbons (Fsp3) is 0.250. The Bertz CT molecular complexity index is 694. The van der Waals surface area contributed by atoms with E-state index in [-0.39, 0.29) is 10.9 Å². The maximum atomic E-state index is 12.4. The zero-order chi connectivity index (χ0) is 15.5. The van der Waals surface area contributed by atoms with Crippen molar-refractivity contribution in [2.45, 2.75) is 31.2 Å². The summed E-state index contributed by atoms with van der Waals surface area (Å²) in [4.78, 5) is 0.274. The van der Waals surface area contributed by atoms with Gasteiger partial charge in [0.1, 0.15) is 0 Å². The first-order valence-electron chi connectivity index (χ1n) is 6.77. The molecule has 0 aliphatic rings. The molecule has 5 heteroatoms. The minimum Gasteiger partial charge on any atom is -0.207 e. The van der Waals surface area contributed by atoms with E-state index in [9.17, 15) is 8.42 Å². The predicted molar refractivity (Wildman–Crippen MR) is 88.7 cm³/mol. The van der Waals surface area contributed by atoms with Crippen molar-refractivity contribution in [1.82, 2.24) is 4.72 Å². The summed E-state index contributed by atoms with van der Waals surface area (Å²) in [7, 11) is -3.52. The topological polar surface area (TPSA) is 46.2 Å². The van der Waals surface area contributed by atoms with Crippen molar-refractivity contribution in [2.75, 3.05) is 0 Å². The molecule has 2 rings (SSSR count). The van der Waals surface area contributed by atoms with Gasteiger partial charge in [0, 0.05) is 10.5 Å². The first kappa shape index (κ1) is 16.2. The van der Waals surface area contributed by atoms with Gasteiger partial charge in [-0.05, 0) is 43.2 Å². The number of halogens is 1. The number of aryl methyl sites for hydroxylation is 1. The highest BCUT2D eigenvalue weighted by Gasteiger charge is 2.20. The molecule has 0 fully saturated rings. The van der Waals surface area contributed by atoms with Crippen LogP contribution < -0.4 is 4.72 Å². The Labute approximate surface area is 134 Å². The third-order valence-corrected chi connectivity index (χ3v) is 5.33. The van der Waals surface area contributed by atoms with Gasteiger partial charge in [-0.3, -0.25) is 0 Å². The second kappa shape index (κ2) is 6.73. The first-order valence-corrected chi connectivity index (χ1v) is 9.04. The SMILES string of the molecule is CC[C@H](NS(=O)(=O)c1ccc(Br)cc1)c1ccc(C)cc1. The Morgan fingerprint density at radius 1 is 1.05 bits per heavy atom. The van der Waals surface area contributed by atoms with Crippen molar-refractivity contribution >= 4 is 26.0 Å². The van der Waals surface area contributed by atoms with Gasteiger partial charge < -0.3 is 0 Å². The summed E-state index contributed by atoms with van der Waals surface area (Å²) in [5.74, 6) is 0. The van der Waals surface area contributed by atoms with E-state index in [1.54, 1.807) is 24.3 Å². The van der Waals surface area contributed by atoms with E-state index < -0.39 is 10.0 Å². The quantitative estimate of drug-likeness (QED) is 0.860. The molecule has 0 radical (unpaired) electrons. The van der Waals surface area contributed by atoms with E-state index in [1.807, 2.05) is 38.1 Å². The molecular formula is C16H18BrNO2S. The predicted octanol–water partition coefficient (Wildman–Crippen LogP) is 4.19. The molecule has 0 heterocycles. The first-order chi connectivity index (χ1) is 9.92. The summed E-state index contributed by atoms with van der Waals surface area (Å²) in [5, 5.41) is 0. The summed E-state index contributed by atoms with van der Waals surface area (Å²) in [6, 6.07) is 14.3. The van der Waals surface area contributed by atoms with Gasteiger partial charge in [0.25, 0.3) is 0 Å². The molecule has 1 N–H and O–H groups in total. The van der Waals surface area contributed by atoms with Gasteiger partial charge in [-0.25, -0.2) is 13.1 Å². The lowest BCUT2D eigenvalue weighted by Crippen LogP contribution is -2.28. The number of hydrogen-bond donors (Lipinski definition) is 1. The summed E-state index contributed by atoms with van der Waals surface area (Å²) in [5.41, 5.74) is 2.13. The molecule has 0 aliphatic heterocycles. The number of rotatable bonds is 5. The maximum absolute atomic E-state index is 12.4. The zero-order valence-corrected chi connectivity index (χ0v) is 14.4. The van der Waals surface area contributed by atoms with Crippen LogP contribution in [0.2, 0.25) is 0 Å². The van der Waals surface area contributed by atoms with Crippen LogP contribution in [-0.4, -0.2) is 8.42 Å². The molecule has 3 nitrogen and oxygen atoms in total. The van der Waals surface area contributed by atoms with Gasteiger partial charge in [-0.15, -0.1) is 0 Å². The summed E-state index contributed by atoms with van der Waals surface area (Å²) < 4.78 is 28.5. The molecule has 112 valence electrons. The lowest BCUT2D eigenvalue weighted by molar-refractivity contribution is 0.550. The molecular weight excluding hydrogens is 350 g/mol. The van der Waals surface area contributed by atoms with Crippen molar-refractivity contribution in [3.63, 3.8) is 0 Å². The van der Waals surface area contributed by atoms with Gasteiger partial charge in [-0.2, -0.15) is 0 Å². The third-order valence-electron chi connectivity index (χ3n) is 3.31. The molecule has 0 saturated heterocycles. The van der Waals surface area contributed by atoms with Crippen LogP contribution in [0, 0.1) is 6.92 Å². The lowest BCUT2D eigenvalue weighted by Gasteiger charge is -2.18. The molecule has 2 aromatic rings. The molecule has 0 amide bonds. The monoisotopic (exact) mass is 367 g/mol. The zero-order valence-electron chi connectivity index (χ0n) is 12.0. The number of nitrogens with one attached hydrogen (secondary N) is 1. The van der Waals surface area contributed by atoms with Crippen LogP contribution in [0.15, 0.2) is 57.9 Å². The van der Waals surface area contributed by atoms with E-state index >= 15 is 0 Å². The number of hydrogen-bond acceptors (Lipinski definition) is 2. The lowest BCUT2D eigenvalue weighted by atomic mass is 10.0. The molecule has 0 aromatic heterocycles. The molecule has 0 saturated carbocycles. The standard InChI is InChI=1S/C16H18BrNO2S/c1-3-16(13-6-4-12(2)5-7-13)18-21(19,20)15-10-8-14(17)9-11-15/h4-11,16,18H,3H2,1-2H3/t16-/m0/s1. The van der Waals surface area contributed by atoms with Crippen LogP contribution in [0.25, 0.3) is 0 Å². The highest BCUT2D eigenvalue weighted by Crippen LogP contribution is 2.21. The van der Waals surface area contributed by atoms with Crippen molar-refractivity contribution in [3.05, 3.63) is 64.1 Å². The van der Waals surface area contributed by atoms with Gasteiger partial charge in [0.15, 0.2) is 0 Å². The molecule has 0 bridgehead atoms. The van der Waals surface area contributed by atoms with Gasteiger partial charge >= 0.3 is 0 Å². The smallest absolute Gasteiger partial charge is 0.207 e. The maximum Gasteiger partial charge on any atom is 0.241 e. The van der Waals surface area contributed by atoms with Crippen LogP contribution in [0.5, 0.6) is 0 Å². The fourth-order valence-electron chi connectivity index (χ4n) is 2.05. The average Bonchev–Trinajstić information content (AvgIpc) is 2.46. The van der Waals surface area contributed by atoms with Crippen LogP contribution >= 0.6 is 15.9 Å². The molecule has 1 atom stereocenters. The summed E-state index contributed by atoms with van der Waals surface area (Å²) >= 11 is 3.30. The van der Waals surface area contributed by atoms with Crippen LogP contribution in [0.4, 0.5) is 0 Å². The number of sulfonamides is 1. The largest absolute Gasteiger partial charge is 0.241 e. The highest BCUT2D eigenvalue weighted by atomic mass is 79.9. The van der Waals surface area contributed by atoms with Gasteiger partial charge in [0.05, 0.1) is 4.90 Å². The average molecular weight is 368 g/mol. The Kier molecular flexibility index (Phi) is 5.19. The Morgan fingerprint density at radius 3 is 2.14 bits per heavy atom. The van der Waals surface area contributed by atoms with Crippen molar-refractivity contribution in [3.8, 4) is 0 Å². The van der Waals surface area contributed by atoms with Crippen molar-refractivity contribution in [1.29, 1.82) is 0 Å². The fourth-order valence-corrected chi connectivity index (χ4v) is 3.63. The molecule has 0 unspecified atom stereocenters. The summed E-state index contributed by atoms with van der Waals surface area (Å²) in [6.07, 6.45) is 0.693. The van der Waals surface area contributed by atoms with Gasteiger partial charge in [0.2, 0.25) is 10.0 Å². The normalized spacial score (nSPS) is 13.1. The second-order valence-electron chi connectivity index (χ2n) is 4.95. The minimum absolute atomic E-state index is 0.223. The molecule has 0 aliphatic carbocycles. The van der Waals surface area contributed by atoms with Crippen LogP contribution in [0.1, 0.15) is 30.5 Å². The van der Waals surface area contributed by atoms with E-state index in [1.165, 1.54) is 0 Å². The van der Waals surface area contributed by atoms with E-state index in [4.69, 9.17) is 0 Å². The Morgan fingerprint density at radius 2 is 1.62 bits per heavy atom. The molecule has 2 aromatic carbocycles. The van der Waals surface area contributed by atoms with Crippen molar-refractivity contribution in [2.24, 2.45) is 0 Å². The van der Waals surface area contributed by atoms with Gasteiger partial charge in [-0.1, -0.05) is 52.7 Å². The van der Waals surface area contributed by atoms with E-state index in [2.05, 4.69) is 20.7 Å². The second-order valence-corrected chi connectivity index (χ2v) is 7.58. The Balaban J connectivity index is 2.24. The van der Waals surface area contributed by atoms with E-state index in [0.29, 0.717) is 6.42 Å². The molecule has 21 heavy (non-hydrogen) atoms. The highest BCUT2D eigenvalue weighted by molar-refractivity contribution is 9.10. The van der Waals surface area contributed by atoms with E-state index in [0.717, 1.165) is 15.6 Å². The van der Waals surface area contributed by atoms with Crippen LogP contribution in [-0.2, 0) is 10.0 Å². The Hall–Kier alpha value is -1.17. The minimum atomic E-state index is -3.52. The third kappa shape index (κ3) is 4.15. The van der Waals surface area contributed by atoms with Crippen LogP contribution in [0.3, 0.4) is 0 Å².